The maximum absolute atomic E-state index is 13.5. The average molecular weight is 612 g/mol. The van der Waals surface area contributed by atoms with Crippen molar-refractivity contribution in [3.8, 4) is 16.3 Å². The van der Waals surface area contributed by atoms with Crippen LogP contribution in [-0.4, -0.2) is 41.9 Å². The van der Waals surface area contributed by atoms with Crippen LogP contribution in [0, 0.1) is 5.82 Å². The molecule has 5 aromatic rings. The van der Waals surface area contributed by atoms with Gasteiger partial charge in [-0.1, -0.05) is 30.7 Å². The van der Waals surface area contributed by atoms with Crippen LogP contribution in [0.3, 0.4) is 0 Å². The molecule has 3 aromatic carbocycles. The molecule has 41 heavy (non-hydrogen) atoms. The summed E-state index contributed by atoms with van der Waals surface area (Å²) in [6.45, 7) is 2.77. The third kappa shape index (κ3) is 7.36. The number of hydrogen-bond donors (Lipinski definition) is 2. The monoisotopic (exact) mass is 611 g/mol. The Bertz CT molecular complexity index is 1800. The van der Waals surface area contributed by atoms with Crippen molar-refractivity contribution in [1.29, 1.82) is 0 Å². The summed E-state index contributed by atoms with van der Waals surface area (Å²) < 4.78 is 43.1. The van der Waals surface area contributed by atoms with Crippen LogP contribution >= 0.6 is 22.9 Å². The number of anilines is 2. The molecule has 0 saturated heterocycles. The van der Waals surface area contributed by atoms with Gasteiger partial charge in [-0.15, -0.1) is 11.3 Å². The van der Waals surface area contributed by atoms with Crippen LogP contribution in [0.25, 0.3) is 21.5 Å². The molecule has 0 unspecified atom stereocenters. The summed E-state index contributed by atoms with van der Waals surface area (Å²) in [5.74, 6) is 0.736. The van der Waals surface area contributed by atoms with E-state index in [2.05, 4.69) is 25.6 Å². The van der Waals surface area contributed by atoms with E-state index in [-0.39, 0.29) is 24.2 Å². The lowest BCUT2D eigenvalue weighted by atomic mass is 10.1. The molecule has 0 aliphatic rings. The average Bonchev–Trinajstić information content (AvgIpc) is 3.42. The van der Waals surface area contributed by atoms with E-state index >= 15 is 0 Å². The Balaban J connectivity index is 1.37. The van der Waals surface area contributed by atoms with Crippen LogP contribution in [0.5, 0.6) is 5.75 Å². The van der Waals surface area contributed by atoms with E-state index in [1.54, 1.807) is 30.5 Å². The number of nitrogens with one attached hydrogen (secondary N) is 2. The van der Waals surface area contributed by atoms with Crippen LogP contribution in [0.4, 0.5) is 15.9 Å². The number of benzene rings is 3. The first-order chi connectivity index (χ1) is 19.7. The molecule has 0 amide bonds. The molecular weight excluding hydrogens is 585 g/mol. The van der Waals surface area contributed by atoms with Crippen molar-refractivity contribution >= 4 is 55.2 Å². The van der Waals surface area contributed by atoms with Gasteiger partial charge in [-0.05, 0) is 60.6 Å². The van der Waals surface area contributed by atoms with Crippen LogP contribution in [0.1, 0.15) is 23.4 Å². The van der Waals surface area contributed by atoms with Gasteiger partial charge < -0.3 is 15.4 Å². The van der Waals surface area contributed by atoms with Crippen molar-refractivity contribution < 1.29 is 17.5 Å². The smallest absolute Gasteiger partial charge is 0.149 e. The Kier molecular flexibility index (Phi) is 8.79. The highest BCUT2D eigenvalue weighted by atomic mass is 35.5. The standard InChI is InChI=1S/C29H27ClFN5O3S2/c1-3-32-25(16-41(2,37)38)27-14-33-29(40-27)19-7-9-24-22(12-19)28(35-17-34-24)36-21-8-10-26(23(30)13-21)39-15-18-5-4-6-20(31)11-18/h4-14,17,25,32H,3,15-16H2,1-2H3,(H,34,35,36)/t25-/m1/s1. The van der Waals surface area contributed by atoms with Crippen LogP contribution in [0.2, 0.25) is 5.02 Å². The maximum atomic E-state index is 13.5. The zero-order valence-corrected chi connectivity index (χ0v) is 24.7. The highest BCUT2D eigenvalue weighted by Gasteiger charge is 2.20. The fourth-order valence-electron chi connectivity index (χ4n) is 4.28. The van der Waals surface area contributed by atoms with Crippen molar-refractivity contribution in [3.63, 3.8) is 0 Å². The molecule has 0 fully saturated rings. The van der Waals surface area contributed by atoms with E-state index in [1.165, 1.54) is 36.1 Å². The summed E-state index contributed by atoms with van der Waals surface area (Å²) >= 11 is 7.93. The van der Waals surface area contributed by atoms with E-state index in [0.29, 0.717) is 34.4 Å². The van der Waals surface area contributed by atoms with Gasteiger partial charge in [-0.3, -0.25) is 0 Å². The number of aromatic nitrogens is 3. The Morgan fingerprint density at radius 1 is 1.07 bits per heavy atom. The van der Waals surface area contributed by atoms with Crippen LogP contribution in [0.15, 0.2) is 73.2 Å². The summed E-state index contributed by atoms with van der Waals surface area (Å²) in [5.41, 5.74) is 3.00. The number of rotatable bonds is 11. The predicted molar refractivity (Wildman–Crippen MR) is 162 cm³/mol. The van der Waals surface area contributed by atoms with Gasteiger partial charge in [-0.25, -0.2) is 27.8 Å². The molecule has 0 saturated carbocycles. The summed E-state index contributed by atoms with van der Waals surface area (Å²) in [5, 5.41) is 8.48. The number of hydrogen-bond acceptors (Lipinski definition) is 9. The molecule has 212 valence electrons. The lowest BCUT2D eigenvalue weighted by Crippen LogP contribution is -2.26. The van der Waals surface area contributed by atoms with Crippen LogP contribution in [-0.2, 0) is 16.4 Å². The van der Waals surface area contributed by atoms with E-state index in [1.807, 2.05) is 31.2 Å². The maximum Gasteiger partial charge on any atom is 0.149 e. The summed E-state index contributed by atoms with van der Waals surface area (Å²) in [7, 11) is -3.18. The molecule has 2 heterocycles. The number of fused-ring (bicyclic) bond motifs is 1. The normalized spacial score (nSPS) is 12.4. The van der Waals surface area contributed by atoms with Gasteiger partial charge in [0.05, 0.1) is 22.3 Å². The molecule has 2 N–H and O–H groups in total. The van der Waals surface area contributed by atoms with Gasteiger partial charge in [0.15, 0.2) is 0 Å². The topological polar surface area (TPSA) is 106 Å². The van der Waals surface area contributed by atoms with Crippen molar-refractivity contribution in [1.82, 2.24) is 20.3 Å². The fourth-order valence-corrected chi connectivity index (χ4v) is 6.51. The van der Waals surface area contributed by atoms with Crippen molar-refractivity contribution in [2.45, 2.75) is 19.6 Å². The second-order valence-corrected chi connectivity index (χ2v) is 13.1. The highest BCUT2D eigenvalue weighted by Crippen LogP contribution is 2.34. The number of sulfone groups is 1. The number of halogens is 2. The fraction of sp³-hybridized carbons (Fsp3) is 0.207. The van der Waals surface area contributed by atoms with Gasteiger partial charge in [0.1, 0.15) is 45.2 Å². The highest BCUT2D eigenvalue weighted by molar-refractivity contribution is 7.90. The first-order valence-electron chi connectivity index (χ1n) is 12.7. The first kappa shape index (κ1) is 28.9. The zero-order chi connectivity index (χ0) is 29.0. The molecule has 0 aliphatic carbocycles. The molecule has 8 nitrogen and oxygen atoms in total. The largest absolute Gasteiger partial charge is 0.487 e. The summed E-state index contributed by atoms with van der Waals surface area (Å²) in [4.78, 5) is 14.3. The lowest BCUT2D eigenvalue weighted by molar-refractivity contribution is 0.306. The molecule has 0 aliphatic heterocycles. The van der Waals surface area contributed by atoms with E-state index in [4.69, 9.17) is 16.3 Å². The van der Waals surface area contributed by atoms with E-state index < -0.39 is 9.84 Å². The molecule has 0 spiro atoms. The van der Waals surface area contributed by atoms with Gasteiger partial charge in [-0.2, -0.15) is 0 Å². The Morgan fingerprint density at radius 3 is 2.68 bits per heavy atom. The summed E-state index contributed by atoms with van der Waals surface area (Å²) in [6.07, 6.45) is 4.44. The van der Waals surface area contributed by atoms with Crippen LogP contribution < -0.4 is 15.4 Å². The van der Waals surface area contributed by atoms with Crippen molar-refractivity contribution in [2.24, 2.45) is 0 Å². The van der Waals surface area contributed by atoms with Crippen molar-refractivity contribution in [3.05, 3.63) is 94.5 Å². The first-order valence-corrected chi connectivity index (χ1v) is 16.0. The quantitative estimate of drug-likeness (QED) is 0.173. The van der Waals surface area contributed by atoms with Gasteiger partial charge in [0.2, 0.25) is 0 Å². The van der Waals surface area contributed by atoms with Crippen molar-refractivity contribution in [2.75, 3.05) is 23.9 Å². The molecule has 2 aromatic heterocycles. The molecule has 12 heteroatoms. The minimum absolute atomic E-state index is 0.000697. The third-order valence-electron chi connectivity index (χ3n) is 6.15. The number of nitrogens with zero attached hydrogens (tertiary/aromatic N) is 3. The molecular formula is C29H27ClFN5O3S2. The second kappa shape index (κ2) is 12.5. The van der Waals surface area contributed by atoms with E-state index in [0.717, 1.165) is 26.4 Å². The van der Waals surface area contributed by atoms with E-state index in [9.17, 15) is 12.8 Å². The van der Waals surface area contributed by atoms with Gasteiger partial charge in [0.25, 0.3) is 0 Å². The minimum Gasteiger partial charge on any atom is -0.487 e. The number of ether oxygens (including phenoxy) is 1. The Labute approximate surface area is 246 Å². The minimum atomic E-state index is -3.18. The number of thiazole rings is 1. The summed E-state index contributed by atoms with van der Waals surface area (Å²) in [6, 6.07) is 17.0. The lowest BCUT2D eigenvalue weighted by Gasteiger charge is -2.14. The predicted octanol–water partition coefficient (Wildman–Crippen LogP) is 6.56. The molecule has 1 atom stereocenters. The molecule has 0 radical (unpaired) electrons. The zero-order valence-electron chi connectivity index (χ0n) is 22.3. The SMILES string of the molecule is CCN[C@H](CS(C)(=O)=O)c1cnc(-c2ccc3ncnc(Nc4ccc(OCc5cccc(F)c5)c(Cl)c4)c3c2)s1. The second-order valence-electron chi connectivity index (χ2n) is 9.41. The third-order valence-corrected chi connectivity index (χ3v) is 8.54. The van der Waals surface area contributed by atoms with Gasteiger partial charge in [0, 0.05) is 34.0 Å². The Morgan fingerprint density at radius 2 is 1.93 bits per heavy atom. The van der Waals surface area contributed by atoms with Gasteiger partial charge >= 0.3 is 0 Å². The molecule has 5 rings (SSSR count). The Hall–Kier alpha value is -3.64. The molecule has 0 bridgehead atoms.